The first kappa shape index (κ1) is 8.15. The molecule has 1 rings (SSSR count). The summed E-state index contributed by atoms with van der Waals surface area (Å²) in [5.74, 6) is 0.0142. The van der Waals surface area contributed by atoms with Crippen LogP contribution in [0.2, 0.25) is 0 Å². The van der Waals surface area contributed by atoms with Gasteiger partial charge in [-0.1, -0.05) is 0 Å². The topological polar surface area (TPSA) is 66.9 Å². The summed E-state index contributed by atoms with van der Waals surface area (Å²) in [5, 5.41) is 10.2. The molecular formula is C7H8N2OS. The molecule has 0 aromatic rings. The van der Waals surface area contributed by atoms with Crippen molar-refractivity contribution in [1.29, 1.82) is 5.26 Å². The van der Waals surface area contributed by atoms with E-state index in [1.807, 2.05) is 5.40 Å². The molecule has 1 aliphatic carbocycles. The average molecular weight is 168 g/mol. The molecule has 2 N–H and O–H groups in total. The molecule has 0 unspecified atom stereocenters. The Kier molecular flexibility index (Phi) is 2.55. The third kappa shape index (κ3) is 1.75. The first-order chi connectivity index (χ1) is 5.25. The van der Waals surface area contributed by atoms with Gasteiger partial charge < -0.3 is 5.73 Å². The molecule has 0 saturated carbocycles. The molecule has 0 spiro atoms. The van der Waals surface area contributed by atoms with Crippen molar-refractivity contribution in [1.82, 2.24) is 0 Å². The molecule has 11 heavy (non-hydrogen) atoms. The van der Waals surface area contributed by atoms with Crippen molar-refractivity contribution in [2.75, 3.05) is 0 Å². The molecule has 3 nitrogen and oxygen atoms in total. The summed E-state index contributed by atoms with van der Waals surface area (Å²) in [7, 11) is 0. The van der Waals surface area contributed by atoms with Crippen molar-refractivity contribution in [3.8, 4) is 5.40 Å². The van der Waals surface area contributed by atoms with Crippen LogP contribution in [0.25, 0.3) is 0 Å². The fraction of sp³-hybridized carbons (Fsp3) is 0.429. The monoisotopic (exact) mass is 168 g/mol. The maximum absolute atomic E-state index is 11.1. The van der Waals surface area contributed by atoms with E-state index in [-0.39, 0.29) is 5.78 Å². The number of thiocyanates is 1. The number of carbonyl (C=O) groups excluding carboxylic acids is 1. The molecular weight excluding hydrogens is 160 g/mol. The number of hydrogen-bond donors (Lipinski definition) is 1. The highest BCUT2D eigenvalue weighted by molar-refractivity contribution is 8.08. The molecule has 0 aromatic heterocycles. The van der Waals surface area contributed by atoms with Crippen molar-refractivity contribution in [2.24, 2.45) is 5.73 Å². The number of rotatable bonds is 1. The maximum atomic E-state index is 11.1. The number of ketones is 1. The van der Waals surface area contributed by atoms with Crippen LogP contribution in [-0.4, -0.2) is 5.78 Å². The molecule has 0 radical (unpaired) electrons. The fourth-order valence-electron chi connectivity index (χ4n) is 1.01. The Morgan fingerprint density at radius 1 is 1.55 bits per heavy atom. The Hall–Kier alpha value is -0.950. The zero-order valence-corrected chi connectivity index (χ0v) is 6.78. The number of nitrogens with two attached hydrogens (primary N) is 1. The van der Waals surface area contributed by atoms with Gasteiger partial charge in [-0.05, 0) is 24.6 Å². The maximum Gasteiger partial charge on any atom is 0.172 e. The van der Waals surface area contributed by atoms with Crippen LogP contribution in [0.1, 0.15) is 19.3 Å². The summed E-state index contributed by atoms with van der Waals surface area (Å²) >= 11 is 0.879. The molecule has 0 amide bonds. The lowest BCUT2D eigenvalue weighted by molar-refractivity contribution is -0.115. The van der Waals surface area contributed by atoms with Crippen LogP contribution in [0.3, 0.4) is 0 Å². The molecule has 0 bridgehead atoms. The normalized spacial score (nSPS) is 18.3. The van der Waals surface area contributed by atoms with Crippen LogP contribution in [0.4, 0.5) is 0 Å². The lowest BCUT2D eigenvalue weighted by atomic mass is 10.0. The zero-order valence-electron chi connectivity index (χ0n) is 5.96. The van der Waals surface area contributed by atoms with E-state index in [9.17, 15) is 4.79 Å². The van der Waals surface area contributed by atoms with E-state index in [1.54, 1.807) is 0 Å². The average Bonchev–Trinajstić information content (AvgIpc) is 1.97. The zero-order chi connectivity index (χ0) is 8.27. The van der Waals surface area contributed by atoms with Gasteiger partial charge in [-0.2, -0.15) is 5.26 Å². The van der Waals surface area contributed by atoms with Gasteiger partial charge in [-0.15, -0.1) is 0 Å². The molecule has 0 heterocycles. The molecule has 0 aromatic carbocycles. The van der Waals surface area contributed by atoms with Gasteiger partial charge in [-0.3, -0.25) is 4.79 Å². The van der Waals surface area contributed by atoms with Gasteiger partial charge in [0.05, 0.1) is 4.91 Å². The van der Waals surface area contributed by atoms with E-state index in [1.165, 1.54) is 0 Å². The second kappa shape index (κ2) is 3.44. The first-order valence-corrected chi connectivity index (χ1v) is 4.15. The number of Topliss-reactive ketones (excluding diaryl/α,β-unsaturated/α-hetero) is 1. The standard InChI is InChI=1S/C7H8N2OS/c8-4-11-7-5(9)2-1-3-6(7)10/h1-3,9H2. The highest BCUT2D eigenvalue weighted by Gasteiger charge is 2.18. The quantitative estimate of drug-likeness (QED) is 0.596. The van der Waals surface area contributed by atoms with Crippen LogP contribution in [0.5, 0.6) is 0 Å². The van der Waals surface area contributed by atoms with E-state index in [4.69, 9.17) is 11.0 Å². The van der Waals surface area contributed by atoms with E-state index in [0.717, 1.165) is 24.6 Å². The van der Waals surface area contributed by atoms with Gasteiger partial charge in [0, 0.05) is 12.1 Å². The van der Waals surface area contributed by atoms with Gasteiger partial charge >= 0.3 is 0 Å². The van der Waals surface area contributed by atoms with Crippen molar-refractivity contribution < 1.29 is 4.79 Å². The van der Waals surface area contributed by atoms with E-state index >= 15 is 0 Å². The largest absolute Gasteiger partial charge is 0.401 e. The summed E-state index contributed by atoms with van der Waals surface area (Å²) in [6.45, 7) is 0. The fourth-order valence-corrected chi connectivity index (χ4v) is 1.55. The predicted octanol–water partition coefficient (Wildman–Crippen LogP) is 1.12. The molecule has 0 fully saturated rings. The summed E-state index contributed by atoms with van der Waals surface area (Å²) in [4.78, 5) is 11.5. The van der Waals surface area contributed by atoms with Gasteiger partial charge in [0.2, 0.25) is 0 Å². The van der Waals surface area contributed by atoms with Crippen LogP contribution in [-0.2, 0) is 4.79 Å². The van der Waals surface area contributed by atoms with E-state index in [0.29, 0.717) is 17.0 Å². The minimum absolute atomic E-state index is 0.0142. The Labute approximate surface area is 69.3 Å². The SMILES string of the molecule is N#CSC1=C(N)CCCC1=O. The highest BCUT2D eigenvalue weighted by atomic mass is 32.2. The van der Waals surface area contributed by atoms with Gasteiger partial charge in [-0.25, -0.2) is 0 Å². The van der Waals surface area contributed by atoms with Crippen LogP contribution < -0.4 is 5.73 Å². The van der Waals surface area contributed by atoms with Crippen molar-refractivity contribution >= 4 is 17.5 Å². The molecule has 0 saturated heterocycles. The van der Waals surface area contributed by atoms with Crippen LogP contribution >= 0.6 is 11.8 Å². The Morgan fingerprint density at radius 3 is 2.82 bits per heavy atom. The number of allylic oxidation sites excluding steroid dienone is 2. The summed E-state index contributed by atoms with van der Waals surface area (Å²) < 4.78 is 0. The summed E-state index contributed by atoms with van der Waals surface area (Å²) in [6.07, 6.45) is 2.10. The Bertz CT molecular complexity index is 252. The van der Waals surface area contributed by atoms with Crippen LogP contribution in [0.15, 0.2) is 10.6 Å². The lowest BCUT2D eigenvalue weighted by Gasteiger charge is -2.12. The number of nitrogens with zero attached hydrogens (tertiary/aromatic N) is 1. The van der Waals surface area contributed by atoms with Gasteiger partial charge in [0.15, 0.2) is 5.78 Å². The number of hydrogen-bond acceptors (Lipinski definition) is 4. The highest BCUT2D eigenvalue weighted by Crippen LogP contribution is 2.26. The third-order valence-corrected chi connectivity index (χ3v) is 2.33. The number of nitriles is 1. The summed E-state index contributed by atoms with van der Waals surface area (Å²) in [5.41, 5.74) is 6.12. The van der Waals surface area contributed by atoms with Gasteiger partial charge in [0.1, 0.15) is 5.40 Å². The smallest absolute Gasteiger partial charge is 0.172 e. The van der Waals surface area contributed by atoms with Crippen molar-refractivity contribution in [3.63, 3.8) is 0 Å². The van der Waals surface area contributed by atoms with Gasteiger partial charge in [0.25, 0.3) is 0 Å². The predicted molar refractivity (Wildman–Crippen MR) is 43.3 cm³/mol. The Morgan fingerprint density at radius 2 is 2.27 bits per heavy atom. The van der Waals surface area contributed by atoms with Crippen molar-refractivity contribution in [2.45, 2.75) is 19.3 Å². The molecule has 4 heteroatoms. The van der Waals surface area contributed by atoms with Crippen LogP contribution in [0, 0.1) is 10.7 Å². The molecule has 0 atom stereocenters. The second-order valence-electron chi connectivity index (χ2n) is 2.32. The minimum atomic E-state index is 0.0142. The number of thioether (sulfide) groups is 1. The minimum Gasteiger partial charge on any atom is -0.401 e. The second-order valence-corrected chi connectivity index (χ2v) is 3.12. The molecule has 1 aliphatic rings. The Balaban J connectivity index is 2.84. The lowest BCUT2D eigenvalue weighted by Crippen LogP contribution is -2.13. The number of carbonyl (C=O) groups is 1. The third-order valence-electron chi connectivity index (χ3n) is 1.54. The summed E-state index contributed by atoms with van der Waals surface area (Å²) in [6, 6.07) is 0. The molecule has 58 valence electrons. The van der Waals surface area contributed by atoms with E-state index in [2.05, 4.69) is 0 Å². The van der Waals surface area contributed by atoms with Crippen molar-refractivity contribution in [3.05, 3.63) is 10.6 Å². The first-order valence-electron chi connectivity index (χ1n) is 3.33. The molecule has 0 aliphatic heterocycles. The van der Waals surface area contributed by atoms with E-state index < -0.39 is 0 Å².